The first kappa shape index (κ1) is 14.8. The van der Waals surface area contributed by atoms with Crippen LogP contribution in [-0.2, 0) is 16.4 Å². The first-order valence-corrected chi connectivity index (χ1v) is 7.82. The smallest absolute Gasteiger partial charge is 0.162 e. The van der Waals surface area contributed by atoms with Gasteiger partial charge in [0.1, 0.15) is 9.84 Å². The first-order chi connectivity index (χ1) is 8.44. The Balaban J connectivity index is 2.55. The summed E-state index contributed by atoms with van der Waals surface area (Å²) in [7, 11) is -2.96. The molecule has 18 heavy (non-hydrogen) atoms. The van der Waals surface area contributed by atoms with Crippen LogP contribution in [0.3, 0.4) is 0 Å². The molecule has 0 aromatic heterocycles. The van der Waals surface area contributed by atoms with Gasteiger partial charge >= 0.3 is 0 Å². The van der Waals surface area contributed by atoms with Gasteiger partial charge in [0.25, 0.3) is 0 Å². The number of phenols is 1. The van der Waals surface area contributed by atoms with Crippen LogP contribution < -0.4 is 10.1 Å². The van der Waals surface area contributed by atoms with Gasteiger partial charge in [0.2, 0.25) is 0 Å². The summed E-state index contributed by atoms with van der Waals surface area (Å²) in [6, 6.07) is 5.25. The Morgan fingerprint density at radius 1 is 1.39 bits per heavy atom. The lowest BCUT2D eigenvalue weighted by Gasteiger charge is -2.10. The summed E-state index contributed by atoms with van der Waals surface area (Å²) in [6.45, 7) is 3.09. The predicted octanol–water partition coefficient (Wildman–Crippen LogP) is 0.925. The number of phenolic OH excluding ortho intramolecular Hbond substituents is 1. The molecule has 5 nitrogen and oxygen atoms in total. The highest BCUT2D eigenvalue weighted by molar-refractivity contribution is 7.90. The molecule has 0 aliphatic heterocycles. The summed E-state index contributed by atoms with van der Waals surface area (Å²) in [5.74, 6) is 0.630. The van der Waals surface area contributed by atoms with Gasteiger partial charge in [-0.05, 0) is 13.0 Å². The lowest BCUT2D eigenvalue weighted by Crippen LogP contribution is -2.22. The van der Waals surface area contributed by atoms with Crippen molar-refractivity contribution in [2.75, 3.05) is 25.2 Å². The summed E-state index contributed by atoms with van der Waals surface area (Å²) in [5.41, 5.74) is 0.689. The first-order valence-electron chi connectivity index (χ1n) is 5.76. The molecular weight excluding hydrogens is 254 g/mol. The van der Waals surface area contributed by atoms with E-state index in [9.17, 15) is 13.5 Å². The van der Waals surface area contributed by atoms with Crippen LogP contribution in [0.5, 0.6) is 11.5 Å². The highest BCUT2D eigenvalue weighted by atomic mass is 32.2. The molecule has 1 aromatic rings. The van der Waals surface area contributed by atoms with E-state index in [0.717, 1.165) is 0 Å². The molecule has 0 unspecified atom stereocenters. The quantitative estimate of drug-likeness (QED) is 0.723. The molecule has 0 saturated carbocycles. The fraction of sp³-hybridized carbons (Fsp3) is 0.500. The van der Waals surface area contributed by atoms with Crippen molar-refractivity contribution in [2.45, 2.75) is 13.5 Å². The zero-order chi connectivity index (χ0) is 13.6. The minimum Gasteiger partial charge on any atom is -0.504 e. The number of ether oxygens (including phenoxy) is 1. The second-order valence-corrected chi connectivity index (χ2v) is 6.26. The number of sulfone groups is 1. The highest BCUT2D eigenvalue weighted by Crippen LogP contribution is 2.29. The van der Waals surface area contributed by atoms with Crippen LogP contribution in [0, 0.1) is 0 Å². The third kappa shape index (κ3) is 4.93. The fourth-order valence-electron chi connectivity index (χ4n) is 1.46. The molecule has 0 aliphatic carbocycles. The second kappa shape index (κ2) is 6.61. The Hall–Kier alpha value is -1.27. The van der Waals surface area contributed by atoms with Crippen molar-refractivity contribution in [1.29, 1.82) is 0 Å². The van der Waals surface area contributed by atoms with Crippen molar-refractivity contribution < 1.29 is 18.3 Å². The van der Waals surface area contributed by atoms with Crippen LogP contribution in [0.2, 0.25) is 0 Å². The zero-order valence-corrected chi connectivity index (χ0v) is 11.5. The maximum atomic E-state index is 10.9. The standard InChI is InChI=1S/C12H19NO4S/c1-3-17-11-6-4-5-10(12(11)14)9-13-7-8-18(2,15)16/h4-6,13-14H,3,7-9H2,1-2H3. The van der Waals surface area contributed by atoms with Crippen molar-refractivity contribution in [2.24, 2.45) is 0 Å². The minimum absolute atomic E-state index is 0.0823. The molecule has 0 spiro atoms. The number of hydrogen-bond acceptors (Lipinski definition) is 5. The van der Waals surface area contributed by atoms with Gasteiger partial charge in [-0.25, -0.2) is 8.42 Å². The molecule has 1 aromatic carbocycles. The van der Waals surface area contributed by atoms with Crippen molar-refractivity contribution in [1.82, 2.24) is 5.32 Å². The van der Waals surface area contributed by atoms with Crippen LogP contribution >= 0.6 is 0 Å². The number of nitrogens with one attached hydrogen (secondary N) is 1. The SMILES string of the molecule is CCOc1cccc(CNCCS(C)(=O)=O)c1O. The lowest BCUT2D eigenvalue weighted by atomic mass is 10.2. The summed E-state index contributed by atoms with van der Waals surface area (Å²) in [6.07, 6.45) is 1.20. The minimum atomic E-state index is -2.96. The van der Waals surface area contributed by atoms with E-state index in [1.165, 1.54) is 6.26 Å². The zero-order valence-electron chi connectivity index (χ0n) is 10.6. The van der Waals surface area contributed by atoms with Crippen LogP contribution in [0.15, 0.2) is 18.2 Å². The number of hydrogen-bond donors (Lipinski definition) is 2. The molecule has 102 valence electrons. The Kier molecular flexibility index (Phi) is 5.43. The van der Waals surface area contributed by atoms with Crippen LogP contribution in [0.1, 0.15) is 12.5 Å². The Morgan fingerprint density at radius 3 is 2.72 bits per heavy atom. The van der Waals surface area contributed by atoms with Gasteiger partial charge in [0.15, 0.2) is 11.5 Å². The number of para-hydroxylation sites is 1. The molecule has 0 heterocycles. The van der Waals surface area contributed by atoms with Gasteiger partial charge < -0.3 is 15.2 Å². The maximum Gasteiger partial charge on any atom is 0.162 e. The largest absolute Gasteiger partial charge is 0.504 e. The predicted molar refractivity (Wildman–Crippen MR) is 70.7 cm³/mol. The molecular formula is C12H19NO4S. The van der Waals surface area contributed by atoms with Crippen molar-refractivity contribution in [3.05, 3.63) is 23.8 Å². The van der Waals surface area contributed by atoms with E-state index in [2.05, 4.69) is 5.32 Å². The summed E-state index contributed by atoms with van der Waals surface area (Å²) >= 11 is 0. The third-order valence-corrected chi connectivity index (χ3v) is 3.29. The summed E-state index contributed by atoms with van der Waals surface area (Å²) in [4.78, 5) is 0. The normalized spacial score (nSPS) is 11.4. The molecule has 6 heteroatoms. The van der Waals surface area contributed by atoms with Gasteiger partial charge in [-0.3, -0.25) is 0 Å². The summed E-state index contributed by atoms with van der Waals surface area (Å²) < 4.78 is 27.1. The number of benzene rings is 1. The van der Waals surface area contributed by atoms with E-state index in [1.807, 2.05) is 6.92 Å². The maximum absolute atomic E-state index is 10.9. The lowest BCUT2D eigenvalue weighted by molar-refractivity contribution is 0.316. The Labute approximate surface area is 108 Å². The average molecular weight is 273 g/mol. The average Bonchev–Trinajstić information content (AvgIpc) is 2.28. The molecule has 0 radical (unpaired) electrons. The van der Waals surface area contributed by atoms with Gasteiger partial charge in [0.05, 0.1) is 12.4 Å². The van der Waals surface area contributed by atoms with Crippen molar-refractivity contribution >= 4 is 9.84 Å². The molecule has 0 atom stereocenters. The molecule has 2 N–H and O–H groups in total. The van der Waals surface area contributed by atoms with E-state index in [1.54, 1.807) is 18.2 Å². The van der Waals surface area contributed by atoms with Crippen molar-refractivity contribution in [3.63, 3.8) is 0 Å². The topological polar surface area (TPSA) is 75.6 Å². The van der Waals surface area contributed by atoms with Crippen LogP contribution in [0.4, 0.5) is 0 Å². The highest BCUT2D eigenvalue weighted by Gasteiger charge is 2.07. The van der Waals surface area contributed by atoms with E-state index >= 15 is 0 Å². The monoisotopic (exact) mass is 273 g/mol. The van der Waals surface area contributed by atoms with E-state index in [4.69, 9.17) is 4.74 Å². The van der Waals surface area contributed by atoms with Crippen LogP contribution in [-0.4, -0.2) is 38.7 Å². The van der Waals surface area contributed by atoms with E-state index < -0.39 is 9.84 Å². The molecule has 0 aliphatic rings. The molecule has 0 fully saturated rings. The van der Waals surface area contributed by atoms with Crippen molar-refractivity contribution in [3.8, 4) is 11.5 Å². The van der Waals surface area contributed by atoms with Gasteiger partial charge in [-0.2, -0.15) is 0 Å². The Bertz CT molecular complexity index is 485. The van der Waals surface area contributed by atoms with E-state index in [0.29, 0.717) is 31.0 Å². The Morgan fingerprint density at radius 2 is 2.11 bits per heavy atom. The fourth-order valence-corrected chi connectivity index (χ4v) is 1.98. The van der Waals surface area contributed by atoms with Gasteiger partial charge in [-0.15, -0.1) is 0 Å². The molecule has 0 saturated heterocycles. The second-order valence-electron chi connectivity index (χ2n) is 4.00. The van der Waals surface area contributed by atoms with E-state index in [-0.39, 0.29) is 11.5 Å². The third-order valence-electron chi connectivity index (χ3n) is 2.35. The van der Waals surface area contributed by atoms with Crippen LogP contribution in [0.25, 0.3) is 0 Å². The number of rotatable bonds is 7. The number of aromatic hydroxyl groups is 1. The molecule has 1 rings (SSSR count). The summed E-state index contributed by atoms with van der Waals surface area (Å²) in [5, 5.41) is 12.9. The molecule has 0 amide bonds. The van der Waals surface area contributed by atoms with Gasteiger partial charge in [0, 0.05) is 24.9 Å². The molecule has 0 bridgehead atoms. The van der Waals surface area contributed by atoms with Gasteiger partial charge in [-0.1, -0.05) is 12.1 Å².